The maximum atomic E-state index is 4.83. The normalized spacial score (nSPS) is 12.0. The first-order valence-electron chi connectivity index (χ1n) is 13.9. The summed E-state index contributed by atoms with van der Waals surface area (Å²) in [7, 11) is 0. The maximum absolute atomic E-state index is 4.83. The molecule has 4 nitrogen and oxygen atoms in total. The van der Waals surface area contributed by atoms with Gasteiger partial charge in [-0.15, -0.1) is 45.3 Å². The number of aryl methyl sites for hydroxylation is 2. The van der Waals surface area contributed by atoms with Gasteiger partial charge in [0.15, 0.2) is 10.0 Å². The summed E-state index contributed by atoms with van der Waals surface area (Å²) in [6.45, 7) is 4.19. The number of hydrogen-bond donors (Lipinski definition) is 0. The van der Waals surface area contributed by atoms with E-state index in [2.05, 4.69) is 123 Å². The van der Waals surface area contributed by atoms with Gasteiger partial charge >= 0.3 is 0 Å². The van der Waals surface area contributed by atoms with Crippen molar-refractivity contribution in [2.24, 2.45) is 0 Å². The Morgan fingerprint density at radius 3 is 1.23 bits per heavy atom. The summed E-state index contributed by atoms with van der Waals surface area (Å²) in [5, 5.41) is 3.53. The monoisotopic (exact) mass is 638 g/mol. The maximum Gasteiger partial charge on any atom is 0.168 e. The fraction of sp³-hybridized carbons (Fsp3) is 0.0556. The molecule has 0 aliphatic carbocycles. The van der Waals surface area contributed by atoms with E-state index in [1.165, 1.54) is 22.3 Å². The Morgan fingerprint density at radius 2 is 0.818 bits per heavy atom. The summed E-state index contributed by atoms with van der Waals surface area (Å²) < 4.78 is 4.42. The zero-order valence-corrected chi connectivity index (χ0v) is 26.9. The van der Waals surface area contributed by atoms with Crippen LogP contribution in [0, 0.1) is 25.7 Å². The number of aromatic nitrogens is 4. The molecule has 0 fully saturated rings. The van der Waals surface area contributed by atoms with E-state index in [1.807, 2.05) is 0 Å². The molecule has 8 rings (SSSR count). The van der Waals surface area contributed by atoms with Gasteiger partial charge in [0.25, 0.3) is 0 Å². The highest BCUT2D eigenvalue weighted by atomic mass is 32.1. The summed E-state index contributed by atoms with van der Waals surface area (Å²) in [6, 6.07) is 25.5. The van der Waals surface area contributed by atoms with Crippen molar-refractivity contribution in [3.05, 3.63) is 115 Å². The molecular formula is C36H22N4S4. The third-order valence-corrected chi connectivity index (χ3v) is 10.9. The van der Waals surface area contributed by atoms with Crippen LogP contribution in [0.4, 0.5) is 0 Å². The van der Waals surface area contributed by atoms with Crippen molar-refractivity contribution < 1.29 is 0 Å². The number of hydrogen-bond acceptors (Lipinski definition) is 8. The van der Waals surface area contributed by atoms with Crippen LogP contribution in [0.1, 0.15) is 42.3 Å². The van der Waals surface area contributed by atoms with Crippen molar-refractivity contribution in [3.8, 4) is 11.8 Å². The summed E-state index contributed by atoms with van der Waals surface area (Å²) in [5.41, 5.74) is 8.73. The lowest BCUT2D eigenvalue weighted by atomic mass is 10.1. The zero-order valence-electron chi connectivity index (χ0n) is 23.7. The van der Waals surface area contributed by atoms with Crippen molar-refractivity contribution in [2.75, 3.05) is 0 Å². The van der Waals surface area contributed by atoms with Crippen LogP contribution in [0.3, 0.4) is 0 Å². The quantitative estimate of drug-likeness (QED) is 0.180. The van der Waals surface area contributed by atoms with Gasteiger partial charge in [0, 0.05) is 0 Å². The van der Waals surface area contributed by atoms with E-state index in [4.69, 9.17) is 19.9 Å². The average Bonchev–Trinajstić information content (AvgIpc) is 3.80. The number of rotatable bonds is 4. The standard InChI is InChI=1S/C36H22N4S4/c1-21-3-7-23(8-4-21)11-13-33-37-25-17-31-27(19-29(25)41-33)39-35(43-31)15-16-36-40-28-20-30-26(18-32(28)44-36)38-34(42-30)14-12-24-9-5-22(2)6-10-24/h3-14,17-20H,1-2H3. The molecule has 44 heavy (non-hydrogen) atoms. The Bertz CT molecular complexity index is 2190. The molecule has 0 unspecified atom stereocenters. The molecule has 0 saturated heterocycles. The predicted octanol–water partition coefficient (Wildman–Crippen LogP) is 10.5. The first-order chi connectivity index (χ1) is 21.5. The molecule has 4 aromatic heterocycles. The minimum Gasteiger partial charge on any atom is -0.237 e. The summed E-state index contributed by atoms with van der Waals surface area (Å²) in [4.78, 5) is 19.3. The number of thiazole rings is 4. The van der Waals surface area contributed by atoms with Crippen LogP contribution in [-0.2, 0) is 0 Å². The second-order valence-corrected chi connectivity index (χ2v) is 14.6. The average molecular weight is 639 g/mol. The third-order valence-electron chi connectivity index (χ3n) is 7.10. The van der Waals surface area contributed by atoms with E-state index in [-0.39, 0.29) is 0 Å². The van der Waals surface area contributed by atoms with E-state index in [1.54, 1.807) is 45.3 Å². The largest absolute Gasteiger partial charge is 0.237 e. The fourth-order valence-corrected chi connectivity index (χ4v) is 8.22. The summed E-state index contributed by atoms with van der Waals surface area (Å²) in [6.07, 6.45) is 8.37. The van der Waals surface area contributed by atoms with Gasteiger partial charge in [-0.1, -0.05) is 71.8 Å². The Balaban J connectivity index is 1.01. The SMILES string of the molecule is Cc1ccc(C=Cc2nc3cc4sc(C#Cc5nc6cc7sc(C=Cc8ccc(C)cc8)nc7cc6s5)nc4cc3s2)cc1. The van der Waals surface area contributed by atoms with Gasteiger partial charge in [-0.25, -0.2) is 19.9 Å². The lowest BCUT2D eigenvalue weighted by Gasteiger charge is -1.93. The van der Waals surface area contributed by atoms with Crippen LogP contribution in [0.25, 0.3) is 65.2 Å². The molecule has 0 bridgehead atoms. The first-order valence-corrected chi connectivity index (χ1v) is 17.2. The van der Waals surface area contributed by atoms with Gasteiger partial charge in [-0.3, -0.25) is 0 Å². The van der Waals surface area contributed by atoms with Gasteiger partial charge < -0.3 is 0 Å². The molecule has 0 aliphatic heterocycles. The number of nitrogens with zero attached hydrogens (tertiary/aromatic N) is 4. The molecule has 4 heterocycles. The lowest BCUT2D eigenvalue weighted by molar-refractivity contribution is 1.44. The molecule has 210 valence electrons. The number of benzene rings is 4. The van der Waals surface area contributed by atoms with Crippen molar-refractivity contribution >= 4 is 111 Å². The van der Waals surface area contributed by atoms with Gasteiger partial charge in [0.2, 0.25) is 0 Å². The van der Waals surface area contributed by atoms with E-state index >= 15 is 0 Å². The van der Waals surface area contributed by atoms with Crippen molar-refractivity contribution in [3.63, 3.8) is 0 Å². The molecule has 4 aromatic carbocycles. The lowest BCUT2D eigenvalue weighted by Crippen LogP contribution is -1.74. The highest BCUT2D eigenvalue weighted by Gasteiger charge is 2.10. The minimum absolute atomic E-state index is 0.782. The van der Waals surface area contributed by atoms with E-state index < -0.39 is 0 Å². The van der Waals surface area contributed by atoms with Crippen LogP contribution < -0.4 is 0 Å². The third kappa shape index (κ3) is 5.59. The second-order valence-electron chi connectivity index (χ2n) is 10.5. The van der Waals surface area contributed by atoms with Crippen LogP contribution in [0.5, 0.6) is 0 Å². The molecule has 8 aromatic rings. The van der Waals surface area contributed by atoms with Crippen LogP contribution in [0.2, 0.25) is 0 Å². The molecular weight excluding hydrogens is 617 g/mol. The van der Waals surface area contributed by atoms with E-state index in [9.17, 15) is 0 Å². The van der Waals surface area contributed by atoms with Crippen LogP contribution >= 0.6 is 45.3 Å². The summed E-state index contributed by atoms with van der Waals surface area (Å²) >= 11 is 6.53. The Morgan fingerprint density at radius 1 is 0.455 bits per heavy atom. The summed E-state index contributed by atoms with van der Waals surface area (Å²) in [5.74, 6) is 6.49. The van der Waals surface area contributed by atoms with E-state index in [0.717, 1.165) is 60.9 Å². The van der Waals surface area contributed by atoms with E-state index in [0.29, 0.717) is 0 Å². The minimum atomic E-state index is 0.782. The zero-order chi connectivity index (χ0) is 29.6. The first kappa shape index (κ1) is 27.1. The predicted molar refractivity (Wildman–Crippen MR) is 192 cm³/mol. The molecule has 0 radical (unpaired) electrons. The van der Waals surface area contributed by atoms with Crippen molar-refractivity contribution in [1.29, 1.82) is 0 Å². The van der Waals surface area contributed by atoms with Gasteiger partial charge in [0.05, 0.1) is 40.9 Å². The fourth-order valence-electron chi connectivity index (χ4n) is 4.78. The second kappa shape index (κ2) is 11.2. The van der Waals surface area contributed by atoms with Crippen molar-refractivity contribution in [2.45, 2.75) is 13.8 Å². The molecule has 0 amide bonds. The Labute approximate surface area is 269 Å². The Hall–Kier alpha value is -4.52. The smallest absolute Gasteiger partial charge is 0.168 e. The topological polar surface area (TPSA) is 51.6 Å². The van der Waals surface area contributed by atoms with Gasteiger partial charge in [-0.05, 0) is 73.2 Å². The molecule has 0 spiro atoms. The molecule has 0 saturated carbocycles. The molecule has 0 atom stereocenters. The van der Waals surface area contributed by atoms with Gasteiger partial charge in [-0.2, -0.15) is 0 Å². The number of fused-ring (bicyclic) bond motifs is 4. The van der Waals surface area contributed by atoms with Crippen LogP contribution in [0.15, 0.2) is 72.8 Å². The molecule has 8 heteroatoms. The van der Waals surface area contributed by atoms with Crippen molar-refractivity contribution in [1.82, 2.24) is 19.9 Å². The highest BCUT2D eigenvalue weighted by molar-refractivity contribution is 7.21. The highest BCUT2D eigenvalue weighted by Crippen LogP contribution is 2.33. The Kier molecular flexibility index (Phi) is 6.89. The van der Waals surface area contributed by atoms with Gasteiger partial charge in [0.1, 0.15) is 10.0 Å². The van der Waals surface area contributed by atoms with Crippen LogP contribution in [-0.4, -0.2) is 19.9 Å². The molecule has 0 aliphatic rings. The molecule has 0 N–H and O–H groups in total.